The number of anilines is 2. The number of benzene rings is 1. The average molecular weight is 490 g/mol. The van der Waals surface area contributed by atoms with Crippen LogP contribution in [0.1, 0.15) is 46.7 Å². The Balaban J connectivity index is 1.16. The first-order valence-corrected chi connectivity index (χ1v) is 12.6. The van der Waals surface area contributed by atoms with E-state index < -0.39 is 0 Å². The largest absolute Gasteiger partial charge is 0.383 e. The van der Waals surface area contributed by atoms with Crippen LogP contribution >= 0.6 is 0 Å². The summed E-state index contributed by atoms with van der Waals surface area (Å²) in [5, 5.41) is 11.3. The number of nitrogens with one attached hydrogen (secondary N) is 1. The van der Waals surface area contributed by atoms with Crippen molar-refractivity contribution in [2.45, 2.75) is 45.7 Å². The Morgan fingerprint density at radius 1 is 1.00 bits per heavy atom. The number of aryl methyl sites for hydroxylation is 2. The van der Waals surface area contributed by atoms with Gasteiger partial charge >= 0.3 is 0 Å². The fourth-order valence-electron chi connectivity index (χ4n) is 5.25. The van der Waals surface area contributed by atoms with Gasteiger partial charge in [0, 0.05) is 42.9 Å². The average Bonchev–Trinajstić information content (AvgIpc) is 3.55. The van der Waals surface area contributed by atoms with Crippen LogP contribution in [-0.4, -0.2) is 34.1 Å². The molecule has 5 aromatic heterocycles. The summed E-state index contributed by atoms with van der Waals surface area (Å²) in [4.78, 5) is 18.1. The molecule has 9 nitrogen and oxygen atoms in total. The zero-order valence-electron chi connectivity index (χ0n) is 20.8. The highest BCUT2D eigenvalue weighted by molar-refractivity contribution is 5.94. The number of nitrogen functional groups attached to an aromatic ring is 1. The Hall–Kier alpha value is -4.53. The van der Waals surface area contributed by atoms with Gasteiger partial charge in [-0.05, 0) is 78.4 Å². The van der Waals surface area contributed by atoms with Crippen LogP contribution in [0.4, 0.5) is 11.6 Å². The van der Waals surface area contributed by atoms with E-state index in [0.717, 1.165) is 39.0 Å². The highest BCUT2D eigenvalue weighted by atomic mass is 15.3. The molecule has 0 radical (unpaired) electrons. The molecule has 0 saturated heterocycles. The Morgan fingerprint density at radius 3 is 2.73 bits per heavy atom. The van der Waals surface area contributed by atoms with Gasteiger partial charge < -0.3 is 11.1 Å². The zero-order valence-corrected chi connectivity index (χ0v) is 20.8. The van der Waals surface area contributed by atoms with E-state index in [-0.39, 0.29) is 0 Å². The summed E-state index contributed by atoms with van der Waals surface area (Å²) in [7, 11) is 0. The number of fused-ring (bicyclic) bond motifs is 3. The molecule has 0 amide bonds. The third-order valence-electron chi connectivity index (χ3n) is 7.46. The predicted octanol–water partition coefficient (Wildman–Crippen LogP) is 4.76. The molecule has 0 atom stereocenters. The Bertz CT molecular complexity index is 1810. The normalized spacial score (nSPS) is 13.7. The van der Waals surface area contributed by atoms with Gasteiger partial charge in [0.25, 0.3) is 0 Å². The van der Waals surface area contributed by atoms with Gasteiger partial charge in [-0.1, -0.05) is 0 Å². The van der Waals surface area contributed by atoms with Gasteiger partial charge in [0.05, 0.1) is 29.3 Å². The summed E-state index contributed by atoms with van der Waals surface area (Å²) in [5.74, 6) is 2.75. The molecule has 5 heterocycles. The first-order chi connectivity index (χ1) is 18.0. The van der Waals surface area contributed by atoms with Crippen molar-refractivity contribution in [1.29, 1.82) is 0 Å². The molecule has 1 saturated carbocycles. The fourth-order valence-corrected chi connectivity index (χ4v) is 5.25. The van der Waals surface area contributed by atoms with E-state index in [1.807, 2.05) is 39.8 Å². The topological polar surface area (TPSA) is 112 Å². The van der Waals surface area contributed by atoms with E-state index in [1.165, 1.54) is 35.1 Å². The van der Waals surface area contributed by atoms with Gasteiger partial charge in [0.15, 0.2) is 0 Å². The quantitative estimate of drug-likeness (QED) is 0.347. The van der Waals surface area contributed by atoms with Crippen molar-refractivity contribution in [3.05, 3.63) is 83.3 Å². The zero-order chi connectivity index (χ0) is 25.1. The lowest BCUT2D eigenvalue weighted by Gasteiger charge is -2.15. The molecule has 0 bridgehead atoms. The molecular formula is C28H27N9. The summed E-state index contributed by atoms with van der Waals surface area (Å²) in [5.41, 5.74) is 12.9. The van der Waals surface area contributed by atoms with Crippen molar-refractivity contribution in [1.82, 2.24) is 34.1 Å². The molecule has 1 fully saturated rings. The first kappa shape index (κ1) is 21.7. The second kappa shape index (κ2) is 8.26. The number of hydrogen-bond donors (Lipinski definition) is 2. The highest BCUT2D eigenvalue weighted by Crippen LogP contribution is 2.39. The number of aromatic nitrogens is 7. The minimum atomic E-state index is 0.562. The van der Waals surface area contributed by atoms with Crippen LogP contribution in [0.15, 0.2) is 55.4 Å². The lowest BCUT2D eigenvalue weighted by Crippen LogP contribution is -2.07. The molecule has 1 aliphatic rings. The van der Waals surface area contributed by atoms with Crippen molar-refractivity contribution >= 4 is 39.1 Å². The van der Waals surface area contributed by atoms with Crippen molar-refractivity contribution < 1.29 is 0 Å². The molecule has 3 N–H and O–H groups in total. The number of hydrogen-bond acceptors (Lipinski definition) is 7. The smallest absolute Gasteiger partial charge is 0.233 e. The molecule has 7 rings (SSSR count). The maximum absolute atomic E-state index is 6.12. The lowest BCUT2D eigenvalue weighted by molar-refractivity contribution is 0.700. The third-order valence-corrected chi connectivity index (χ3v) is 7.46. The summed E-state index contributed by atoms with van der Waals surface area (Å²) < 4.78 is 4.00. The van der Waals surface area contributed by atoms with Crippen molar-refractivity contribution in [2.75, 3.05) is 11.1 Å². The van der Waals surface area contributed by atoms with E-state index in [0.29, 0.717) is 24.8 Å². The highest BCUT2D eigenvalue weighted by Gasteiger charge is 2.24. The molecule has 1 aromatic carbocycles. The van der Waals surface area contributed by atoms with Crippen LogP contribution in [0.3, 0.4) is 0 Å². The van der Waals surface area contributed by atoms with Crippen molar-refractivity contribution in [3.63, 3.8) is 0 Å². The number of pyridine rings is 2. The van der Waals surface area contributed by atoms with Crippen LogP contribution in [0.2, 0.25) is 0 Å². The number of nitrogens with zero attached hydrogens (tertiary/aromatic N) is 7. The van der Waals surface area contributed by atoms with E-state index in [2.05, 4.69) is 57.7 Å². The number of imidazole rings is 1. The van der Waals surface area contributed by atoms with E-state index >= 15 is 0 Å². The van der Waals surface area contributed by atoms with Crippen LogP contribution in [-0.2, 0) is 13.1 Å². The maximum atomic E-state index is 6.12. The Morgan fingerprint density at radius 2 is 1.86 bits per heavy atom. The van der Waals surface area contributed by atoms with Gasteiger partial charge in [0.1, 0.15) is 11.6 Å². The van der Waals surface area contributed by atoms with Crippen molar-refractivity contribution in [3.8, 4) is 0 Å². The first-order valence-electron chi connectivity index (χ1n) is 12.6. The molecule has 184 valence electrons. The molecular weight excluding hydrogens is 462 g/mol. The third kappa shape index (κ3) is 3.74. The summed E-state index contributed by atoms with van der Waals surface area (Å²) in [6.45, 7) is 5.45. The lowest BCUT2D eigenvalue weighted by atomic mass is 9.96. The molecule has 0 unspecified atom stereocenters. The SMILES string of the molecule is Cc1cc2c(N)nccc2c(C)c1CNc1nccc2c1cnn2Cc1cn2cc(C3CC3)cnc2n1. The van der Waals surface area contributed by atoms with Gasteiger partial charge in [-0.15, -0.1) is 0 Å². The number of rotatable bonds is 6. The van der Waals surface area contributed by atoms with E-state index in [1.54, 1.807) is 6.20 Å². The minimum Gasteiger partial charge on any atom is -0.383 e. The molecule has 1 aliphatic carbocycles. The van der Waals surface area contributed by atoms with Crippen LogP contribution in [0, 0.1) is 13.8 Å². The summed E-state index contributed by atoms with van der Waals surface area (Å²) >= 11 is 0. The summed E-state index contributed by atoms with van der Waals surface area (Å²) in [6, 6.07) is 6.13. The van der Waals surface area contributed by atoms with Crippen LogP contribution in [0.5, 0.6) is 0 Å². The van der Waals surface area contributed by atoms with Gasteiger partial charge in [-0.25, -0.2) is 19.9 Å². The second-order valence-electron chi connectivity index (χ2n) is 9.94. The molecule has 0 spiro atoms. The second-order valence-corrected chi connectivity index (χ2v) is 9.94. The fraction of sp³-hybridized carbons (Fsp3) is 0.250. The maximum Gasteiger partial charge on any atom is 0.233 e. The number of nitrogens with two attached hydrogens (primary N) is 1. The molecule has 0 aliphatic heterocycles. The van der Waals surface area contributed by atoms with Gasteiger partial charge in [-0.2, -0.15) is 5.10 Å². The van der Waals surface area contributed by atoms with Crippen LogP contribution in [0.25, 0.3) is 27.5 Å². The van der Waals surface area contributed by atoms with Crippen LogP contribution < -0.4 is 11.1 Å². The standard InChI is InChI=1S/C28H27N9/c1-16-9-22-21(5-7-30-26(22)29)17(2)23(16)11-32-27-24-12-34-37(25(24)6-8-31-27)15-20-14-36-13-19(18-3-4-18)10-33-28(36)35-20/h5-10,12-14,18H,3-4,11,15H2,1-2H3,(H2,29,30)(H,31,32). The molecule has 6 aromatic rings. The Labute approximate surface area is 213 Å². The minimum absolute atomic E-state index is 0.562. The van der Waals surface area contributed by atoms with Crippen molar-refractivity contribution in [2.24, 2.45) is 0 Å². The van der Waals surface area contributed by atoms with Gasteiger partial charge in [-0.3, -0.25) is 9.08 Å². The monoisotopic (exact) mass is 489 g/mol. The predicted molar refractivity (Wildman–Crippen MR) is 145 cm³/mol. The van der Waals surface area contributed by atoms with E-state index in [4.69, 9.17) is 10.7 Å². The van der Waals surface area contributed by atoms with E-state index in [9.17, 15) is 0 Å². The summed E-state index contributed by atoms with van der Waals surface area (Å²) in [6.07, 6.45) is 14.1. The Kier molecular flexibility index (Phi) is 4.85. The molecule has 37 heavy (non-hydrogen) atoms. The van der Waals surface area contributed by atoms with Gasteiger partial charge in [0.2, 0.25) is 5.78 Å². The molecule has 9 heteroatoms.